The van der Waals surface area contributed by atoms with Crippen molar-refractivity contribution >= 4 is 40.0 Å². The van der Waals surface area contributed by atoms with Crippen LogP contribution in [0.2, 0.25) is 0 Å². The molecule has 1 atom stereocenters. The molecule has 4 aromatic rings. The lowest BCUT2D eigenvalue weighted by Gasteiger charge is -2.18. The van der Waals surface area contributed by atoms with Crippen LogP contribution in [0.15, 0.2) is 52.4 Å². The maximum atomic E-state index is 13.2. The number of benzene rings is 2. The number of carbonyl (C=O) groups is 1. The number of aromatic nitrogens is 4. The summed E-state index contributed by atoms with van der Waals surface area (Å²) >= 11 is 1.35. The number of para-hydroxylation sites is 2. The monoisotopic (exact) mass is 491 g/mol. The Morgan fingerprint density at radius 3 is 2.57 bits per heavy atom. The van der Waals surface area contributed by atoms with Crippen molar-refractivity contribution in [3.8, 4) is 0 Å². The summed E-state index contributed by atoms with van der Waals surface area (Å²) < 4.78 is 3.62. The predicted octanol–water partition coefficient (Wildman–Crippen LogP) is 5.79. The third-order valence-electron chi connectivity index (χ3n) is 6.29. The van der Waals surface area contributed by atoms with Crippen LogP contribution >= 0.6 is 11.8 Å². The molecule has 0 radical (unpaired) electrons. The molecule has 0 bridgehead atoms. The zero-order valence-electron chi connectivity index (χ0n) is 21.0. The van der Waals surface area contributed by atoms with Crippen LogP contribution in [0.3, 0.4) is 0 Å². The van der Waals surface area contributed by atoms with E-state index in [0.29, 0.717) is 28.8 Å². The van der Waals surface area contributed by atoms with Crippen LogP contribution in [0.1, 0.15) is 64.0 Å². The quantitative estimate of drug-likeness (QED) is 0.237. The second kappa shape index (κ2) is 10.6. The molecule has 2 heterocycles. The minimum Gasteiger partial charge on any atom is -0.325 e. The van der Waals surface area contributed by atoms with E-state index in [9.17, 15) is 9.59 Å². The summed E-state index contributed by atoms with van der Waals surface area (Å²) in [6.45, 7) is 10.8. The van der Waals surface area contributed by atoms with Gasteiger partial charge in [-0.15, -0.1) is 10.2 Å². The predicted molar refractivity (Wildman–Crippen MR) is 143 cm³/mol. The van der Waals surface area contributed by atoms with Gasteiger partial charge in [-0.3, -0.25) is 18.6 Å². The zero-order chi connectivity index (χ0) is 25.1. The molecule has 7 nitrogen and oxygen atoms in total. The molecule has 0 aliphatic heterocycles. The lowest BCUT2D eigenvalue weighted by Crippen LogP contribution is -2.25. The van der Waals surface area contributed by atoms with Gasteiger partial charge in [0.2, 0.25) is 11.7 Å². The summed E-state index contributed by atoms with van der Waals surface area (Å²) in [4.78, 5) is 26.4. The summed E-state index contributed by atoms with van der Waals surface area (Å²) in [6.07, 6.45) is 3.00. The zero-order valence-corrected chi connectivity index (χ0v) is 21.9. The molecular formula is C27H33N5O2S. The molecule has 0 spiro atoms. The van der Waals surface area contributed by atoms with Crippen LogP contribution in [0.5, 0.6) is 0 Å². The van der Waals surface area contributed by atoms with E-state index in [1.807, 2.05) is 54.6 Å². The molecule has 4 rings (SSSR count). The highest BCUT2D eigenvalue weighted by Gasteiger charge is 2.23. The highest BCUT2D eigenvalue weighted by Crippen LogP contribution is 2.30. The number of amides is 1. The molecule has 0 aliphatic rings. The maximum absolute atomic E-state index is 13.2. The van der Waals surface area contributed by atoms with Crippen LogP contribution in [0, 0.1) is 6.92 Å². The summed E-state index contributed by atoms with van der Waals surface area (Å²) in [6, 6.07) is 13.6. The first-order valence-electron chi connectivity index (χ1n) is 12.3. The molecule has 1 amide bonds. The standard InChI is InChI=1S/C27H33N5O2S/c1-6-7-10-16-31-25(34)21-13-8-9-15-22(21)32-26(31)29-30-27(32)35-19(5)24(33)28-23-18(4)12-11-14-20(23)17(2)3/h8-9,11-15,17,19H,6-7,10,16H2,1-5H3,(H,28,33). The SMILES string of the molecule is CCCCCn1c(=O)c2ccccc2n2c(SC(C)C(=O)Nc3c(C)cccc3C(C)C)nnc12. The van der Waals surface area contributed by atoms with Crippen molar-refractivity contribution in [2.45, 2.75) is 76.8 Å². The van der Waals surface area contributed by atoms with E-state index in [-0.39, 0.29) is 11.5 Å². The number of thioether (sulfide) groups is 1. The molecule has 1 N–H and O–H groups in total. The third kappa shape index (κ3) is 4.98. The Morgan fingerprint density at radius 1 is 1.06 bits per heavy atom. The molecule has 0 saturated carbocycles. The summed E-state index contributed by atoms with van der Waals surface area (Å²) in [5, 5.41) is 12.7. The normalized spacial score (nSPS) is 12.5. The Hall–Kier alpha value is -3.13. The van der Waals surface area contributed by atoms with Crippen molar-refractivity contribution in [1.29, 1.82) is 0 Å². The minimum absolute atomic E-state index is 0.0558. The Balaban J connectivity index is 1.68. The number of anilines is 1. The highest BCUT2D eigenvalue weighted by molar-refractivity contribution is 8.00. The van der Waals surface area contributed by atoms with Gasteiger partial charge in [0.1, 0.15) is 0 Å². The third-order valence-corrected chi connectivity index (χ3v) is 7.33. The minimum atomic E-state index is -0.416. The summed E-state index contributed by atoms with van der Waals surface area (Å²) in [5.74, 6) is 0.717. The topological polar surface area (TPSA) is 81.3 Å². The average molecular weight is 492 g/mol. The molecule has 2 aromatic heterocycles. The van der Waals surface area contributed by atoms with Crippen LogP contribution in [-0.4, -0.2) is 30.3 Å². The van der Waals surface area contributed by atoms with E-state index < -0.39 is 5.25 Å². The summed E-state index contributed by atoms with van der Waals surface area (Å²) in [5.41, 5.74) is 3.73. The smallest absolute Gasteiger partial charge is 0.262 e. The first-order chi connectivity index (χ1) is 16.8. The van der Waals surface area contributed by atoms with Crippen molar-refractivity contribution in [2.24, 2.45) is 0 Å². The fourth-order valence-electron chi connectivity index (χ4n) is 4.31. The van der Waals surface area contributed by atoms with E-state index in [2.05, 4.69) is 42.4 Å². The molecule has 35 heavy (non-hydrogen) atoms. The molecule has 184 valence electrons. The first-order valence-corrected chi connectivity index (χ1v) is 13.1. The molecule has 1 unspecified atom stereocenters. The van der Waals surface area contributed by atoms with Crippen molar-refractivity contribution in [3.05, 3.63) is 63.9 Å². The number of rotatable bonds is 9. The van der Waals surface area contributed by atoms with Gasteiger partial charge in [-0.25, -0.2) is 0 Å². The van der Waals surface area contributed by atoms with Crippen molar-refractivity contribution in [3.63, 3.8) is 0 Å². The van der Waals surface area contributed by atoms with Crippen molar-refractivity contribution in [2.75, 3.05) is 5.32 Å². The number of nitrogens with zero attached hydrogens (tertiary/aromatic N) is 4. The van der Waals surface area contributed by atoms with Crippen molar-refractivity contribution < 1.29 is 4.79 Å². The fraction of sp³-hybridized carbons (Fsp3) is 0.407. The van der Waals surface area contributed by atoms with Gasteiger partial charge in [-0.2, -0.15) is 0 Å². The van der Waals surface area contributed by atoms with Gasteiger partial charge in [0.25, 0.3) is 5.56 Å². The maximum Gasteiger partial charge on any atom is 0.262 e. The van der Waals surface area contributed by atoms with Gasteiger partial charge >= 0.3 is 0 Å². The van der Waals surface area contributed by atoms with Crippen molar-refractivity contribution in [1.82, 2.24) is 19.2 Å². The highest BCUT2D eigenvalue weighted by atomic mass is 32.2. The largest absolute Gasteiger partial charge is 0.325 e. The number of aryl methyl sites for hydroxylation is 2. The van der Waals surface area contributed by atoms with E-state index >= 15 is 0 Å². The van der Waals surface area contributed by atoms with Gasteiger partial charge in [0.05, 0.1) is 16.2 Å². The number of hydrogen-bond donors (Lipinski definition) is 1. The number of fused-ring (bicyclic) bond motifs is 3. The Labute approximate surface area is 210 Å². The second-order valence-electron chi connectivity index (χ2n) is 9.24. The van der Waals surface area contributed by atoms with E-state index in [1.54, 1.807) is 4.57 Å². The van der Waals surface area contributed by atoms with E-state index in [0.717, 1.165) is 41.6 Å². The number of hydrogen-bond acceptors (Lipinski definition) is 5. The van der Waals surface area contributed by atoms with E-state index in [4.69, 9.17) is 0 Å². The molecule has 0 aliphatic carbocycles. The summed E-state index contributed by atoms with van der Waals surface area (Å²) in [7, 11) is 0. The molecule has 2 aromatic carbocycles. The van der Waals surface area contributed by atoms with Crippen LogP contribution in [-0.2, 0) is 11.3 Å². The molecule has 0 fully saturated rings. The van der Waals surface area contributed by atoms with Crippen LogP contribution in [0.25, 0.3) is 16.7 Å². The molecular weight excluding hydrogens is 458 g/mol. The second-order valence-corrected chi connectivity index (χ2v) is 10.6. The van der Waals surface area contributed by atoms with E-state index in [1.165, 1.54) is 11.8 Å². The first kappa shape index (κ1) is 25.0. The lowest BCUT2D eigenvalue weighted by molar-refractivity contribution is -0.115. The van der Waals surface area contributed by atoms with Gasteiger partial charge in [0, 0.05) is 12.2 Å². The Morgan fingerprint density at radius 2 is 1.83 bits per heavy atom. The fourth-order valence-corrected chi connectivity index (χ4v) is 5.17. The number of nitrogens with one attached hydrogen (secondary N) is 1. The van der Waals surface area contributed by atoms with Gasteiger partial charge < -0.3 is 5.32 Å². The van der Waals surface area contributed by atoms with Gasteiger partial charge in [0.15, 0.2) is 5.16 Å². The van der Waals surface area contributed by atoms with Gasteiger partial charge in [-0.05, 0) is 49.4 Å². The molecule has 0 saturated heterocycles. The van der Waals surface area contributed by atoms with Crippen LogP contribution in [0.4, 0.5) is 5.69 Å². The Bertz CT molecular complexity index is 1420. The Kier molecular flexibility index (Phi) is 7.60. The van der Waals surface area contributed by atoms with Crippen LogP contribution < -0.4 is 10.9 Å². The number of unbranched alkanes of at least 4 members (excludes halogenated alkanes) is 2. The lowest BCUT2D eigenvalue weighted by atomic mass is 9.98. The number of carbonyl (C=O) groups excluding carboxylic acids is 1. The molecule has 8 heteroatoms. The van der Waals surface area contributed by atoms with Gasteiger partial charge in [-0.1, -0.05) is 75.7 Å². The average Bonchev–Trinajstić information content (AvgIpc) is 3.25.